The van der Waals surface area contributed by atoms with E-state index in [0.717, 1.165) is 41.7 Å². The molecule has 1 aliphatic rings. The molecule has 2 heterocycles. The minimum atomic E-state index is -0.455. The molecular weight excluding hydrogens is 313 g/mol. The van der Waals surface area contributed by atoms with E-state index in [4.69, 9.17) is 5.32 Å². The van der Waals surface area contributed by atoms with E-state index in [9.17, 15) is 4.39 Å². The summed E-state index contributed by atoms with van der Waals surface area (Å²) in [6.07, 6.45) is 1.81. The lowest BCUT2D eigenvalue weighted by molar-refractivity contribution is 0.310. The van der Waals surface area contributed by atoms with Gasteiger partial charge in [-0.25, -0.2) is 9.71 Å². The highest BCUT2D eigenvalue weighted by molar-refractivity contribution is 5.83. The third-order valence-electron chi connectivity index (χ3n) is 5.26. The Morgan fingerprint density at radius 1 is 1.12 bits per heavy atom. The average molecular weight is 334 g/mol. The molecule has 0 spiro atoms. The van der Waals surface area contributed by atoms with Crippen LogP contribution >= 0.6 is 0 Å². The predicted octanol–water partition coefficient (Wildman–Crippen LogP) is 3.26. The van der Waals surface area contributed by atoms with Crippen LogP contribution in [0.2, 0.25) is 0 Å². The molecule has 4 rings (SSSR count). The van der Waals surface area contributed by atoms with E-state index < -0.39 is 5.41 Å². The number of aromatic nitrogens is 1. The van der Waals surface area contributed by atoms with Crippen molar-refractivity contribution in [3.8, 4) is 0 Å². The van der Waals surface area contributed by atoms with Gasteiger partial charge in [0.25, 0.3) is 0 Å². The van der Waals surface area contributed by atoms with Crippen LogP contribution in [0, 0.1) is 5.82 Å². The first-order chi connectivity index (χ1) is 12.2. The zero-order chi connectivity index (χ0) is 17.3. The van der Waals surface area contributed by atoms with E-state index in [0.29, 0.717) is 0 Å². The molecule has 3 nitrogen and oxygen atoms in total. The summed E-state index contributed by atoms with van der Waals surface area (Å²) < 4.78 is 14.0. The van der Waals surface area contributed by atoms with E-state index in [2.05, 4.69) is 35.4 Å². The quantitative estimate of drug-likeness (QED) is 0.798. The number of hydrogen-bond acceptors (Lipinski definition) is 2. The number of pyridine rings is 1. The number of benzene rings is 2. The summed E-state index contributed by atoms with van der Waals surface area (Å²) in [4.78, 5) is 4.63. The Morgan fingerprint density at radius 3 is 2.76 bits per heavy atom. The molecule has 1 saturated heterocycles. The number of nitrogens with one attached hydrogen (secondary N) is 1. The average Bonchev–Trinajstić information content (AvgIpc) is 2.67. The molecule has 1 fully saturated rings. The first-order valence-electron chi connectivity index (χ1n) is 8.67. The topological polar surface area (TPSA) is 39.0 Å². The standard InChI is InChI=1S/C21H21FN3/c1-21(19-14-23-11-12-24-19,16-7-3-8-17(22)13-16)18-9-2-5-15-6-4-10-25-20(15)18/h2-10,13,19,23H,11-12,14H2,1H3. The first kappa shape index (κ1) is 16.2. The molecule has 2 aromatic carbocycles. The molecule has 4 heteroatoms. The van der Waals surface area contributed by atoms with Crippen LogP contribution in [0.15, 0.2) is 60.8 Å². The zero-order valence-corrected chi connectivity index (χ0v) is 14.2. The molecular formula is C21H21FN3. The summed E-state index contributed by atoms with van der Waals surface area (Å²) in [5.74, 6) is -0.222. The third-order valence-corrected chi connectivity index (χ3v) is 5.26. The maximum Gasteiger partial charge on any atom is 0.123 e. The summed E-state index contributed by atoms with van der Waals surface area (Å²) >= 11 is 0. The van der Waals surface area contributed by atoms with Gasteiger partial charge in [-0.1, -0.05) is 36.4 Å². The van der Waals surface area contributed by atoms with Crippen molar-refractivity contribution >= 4 is 10.9 Å². The number of rotatable bonds is 3. The smallest absolute Gasteiger partial charge is 0.123 e. The van der Waals surface area contributed by atoms with Gasteiger partial charge in [-0.3, -0.25) is 4.98 Å². The largest absolute Gasteiger partial charge is 0.314 e. The molecule has 2 unspecified atom stereocenters. The SMILES string of the molecule is CC(c1cccc(F)c1)(c1cccc2cccnc12)C1CNCC[N]1. The van der Waals surface area contributed by atoms with E-state index in [1.165, 1.54) is 6.07 Å². The highest BCUT2D eigenvalue weighted by atomic mass is 19.1. The van der Waals surface area contributed by atoms with E-state index in [1.807, 2.05) is 24.4 Å². The van der Waals surface area contributed by atoms with Gasteiger partial charge in [-0.2, -0.15) is 0 Å². The highest BCUT2D eigenvalue weighted by Crippen LogP contribution is 2.39. The number of piperazine rings is 1. The predicted molar refractivity (Wildman–Crippen MR) is 98.3 cm³/mol. The highest BCUT2D eigenvalue weighted by Gasteiger charge is 2.40. The van der Waals surface area contributed by atoms with Gasteiger partial charge < -0.3 is 5.32 Å². The molecule has 1 radical (unpaired) electrons. The van der Waals surface area contributed by atoms with Gasteiger partial charge in [0.2, 0.25) is 0 Å². The summed E-state index contributed by atoms with van der Waals surface area (Å²) in [6, 6.07) is 17.1. The normalized spacial score (nSPS) is 20.3. The Bertz CT molecular complexity index is 884. The van der Waals surface area contributed by atoms with Crippen molar-refractivity contribution in [2.75, 3.05) is 19.6 Å². The zero-order valence-electron chi connectivity index (χ0n) is 14.2. The van der Waals surface area contributed by atoms with E-state index >= 15 is 0 Å². The number of halogens is 1. The van der Waals surface area contributed by atoms with Gasteiger partial charge in [-0.05, 0) is 36.2 Å². The van der Waals surface area contributed by atoms with Crippen molar-refractivity contribution in [2.24, 2.45) is 0 Å². The summed E-state index contributed by atoms with van der Waals surface area (Å²) in [6.45, 7) is 4.60. The van der Waals surface area contributed by atoms with Crippen LogP contribution in [-0.2, 0) is 5.41 Å². The minimum absolute atomic E-state index is 0.0238. The molecule has 1 aromatic heterocycles. The van der Waals surface area contributed by atoms with Crippen molar-refractivity contribution in [3.05, 3.63) is 77.7 Å². The molecule has 3 aromatic rings. The Labute approximate surface area is 147 Å². The van der Waals surface area contributed by atoms with Crippen LogP contribution in [-0.4, -0.2) is 30.7 Å². The molecule has 25 heavy (non-hydrogen) atoms. The minimum Gasteiger partial charge on any atom is -0.314 e. The molecule has 0 amide bonds. The fourth-order valence-corrected chi connectivity index (χ4v) is 3.85. The third kappa shape index (κ3) is 2.81. The van der Waals surface area contributed by atoms with Gasteiger partial charge in [-0.15, -0.1) is 0 Å². The fourth-order valence-electron chi connectivity index (χ4n) is 3.85. The lowest BCUT2D eigenvalue weighted by Gasteiger charge is -2.41. The first-order valence-corrected chi connectivity index (χ1v) is 8.67. The molecule has 0 saturated carbocycles. The molecule has 0 aliphatic carbocycles. The Kier molecular flexibility index (Phi) is 4.24. The summed E-state index contributed by atoms with van der Waals surface area (Å²) in [5, 5.41) is 9.40. The summed E-state index contributed by atoms with van der Waals surface area (Å²) in [7, 11) is 0. The number of para-hydroxylation sites is 1. The van der Waals surface area contributed by atoms with Crippen LogP contribution in [0.1, 0.15) is 18.1 Å². The van der Waals surface area contributed by atoms with Gasteiger partial charge >= 0.3 is 0 Å². The lowest BCUT2D eigenvalue weighted by atomic mass is 9.69. The molecule has 0 bridgehead atoms. The van der Waals surface area contributed by atoms with Crippen LogP contribution in [0.5, 0.6) is 0 Å². The number of hydrogen-bond donors (Lipinski definition) is 1. The Morgan fingerprint density at radius 2 is 1.96 bits per heavy atom. The van der Waals surface area contributed by atoms with Crippen LogP contribution < -0.4 is 10.6 Å². The van der Waals surface area contributed by atoms with Crippen molar-refractivity contribution in [2.45, 2.75) is 18.4 Å². The van der Waals surface area contributed by atoms with Gasteiger partial charge in [0.1, 0.15) is 5.82 Å². The van der Waals surface area contributed by atoms with Gasteiger partial charge in [0.15, 0.2) is 0 Å². The van der Waals surface area contributed by atoms with Crippen molar-refractivity contribution in [1.82, 2.24) is 15.6 Å². The van der Waals surface area contributed by atoms with Crippen molar-refractivity contribution in [3.63, 3.8) is 0 Å². The lowest BCUT2D eigenvalue weighted by Crippen LogP contribution is -2.55. The second-order valence-electron chi connectivity index (χ2n) is 6.72. The number of fused-ring (bicyclic) bond motifs is 1. The van der Waals surface area contributed by atoms with Gasteiger partial charge in [0, 0.05) is 36.6 Å². The van der Waals surface area contributed by atoms with E-state index in [1.54, 1.807) is 12.1 Å². The van der Waals surface area contributed by atoms with E-state index in [-0.39, 0.29) is 11.9 Å². The van der Waals surface area contributed by atoms with Crippen molar-refractivity contribution < 1.29 is 4.39 Å². The maximum atomic E-state index is 14.0. The Hall–Kier alpha value is -2.30. The van der Waals surface area contributed by atoms with Crippen LogP contribution in [0.4, 0.5) is 4.39 Å². The monoisotopic (exact) mass is 334 g/mol. The second-order valence-corrected chi connectivity index (χ2v) is 6.72. The van der Waals surface area contributed by atoms with Crippen molar-refractivity contribution in [1.29, 1.82) is 0 Å². The molecule has 1 aliphatic heterocycles. The number of nitrogens with zero attached hydrogens (tertiary/aromatic N) is 2. The molecule has 127 valence electrons. The fraction of sp³-hybridized carbons (Fsp3) is 0.286. The van der Waals surface area contributed by atoms with Gasteiger partial charge in [0.05, 0.1) is 11.6 Å². The molecule has 2 atom stereocenters. The van der Waals surface area contributed by atoms with Crippen LogP contribution in [0.25, 0.3) is 10.9 Å². The Balaban J connectivity index is 1.96. The summed E-state index contributed by atoms with van der Waals surface area (Å²) in [5.41, 5.74) is 2.53. The van der Waals surface area contributed by atoms with Crippen LogP contribution in [0.3, 0.4) is 0 Å². The second kappa shape index (κ2) is 6.54. The molecule has 1 N–H and O–H groups in total. The maximum absolute atomic E-state index is 14.0.